The third-order valence-electron chi connectivity index (χ3n) is 3.95. The maximum atomic E-state index is 12.4. The Labute approximate surface area is 125 Å². The Balaban J connectivity index is 1.97. The second-order valence-electron chi connectivity index (χ2n) is 5.41. The molecule has 0 spiro atoms. The zero-order valence-corrected chi connectivity index (χ0v) is 12.2. The normalized spacial score (nSPS) is 17.0. The van der Waals surface area contributed by atoms with Crippen molar-refractivity contribution in [2.75, 3.05) is 19.7 Å². The number of aliphatic hydroxyl groups is 2. The summed E-state index contributed by atoms with van der Waals surface area (Å²) in [6.45, 7) is 3.04. The lowest BCUT2D eigenvalue weighted by Crippen LogP contribution is -2.40. The Bertz CT molecular complexity index is 531. The molecule has 1 aromatic rings. The SMILES string of the molecule is CC(O)C1CCN(C(=O)c2ccc(C#CCO)cc2)CC1. The van der Waals surface area contributed by atoms with E-state index >= 15 is 0 Å². The summed E-state index contributed by atoms with van der Waals surface area (Å²) in [4.78, 5) is 14.2. The Morgan fingerprint density at radius 2 is 1.95 bits per heavy atom. The highest BCUT2D eigenvalue weighted by molar-refractivity contribution is 5.94. The zero-order valence-electron chi connectivity index (χ0n) is 12.2. The average molecular weight is 287 g/mol. The minimum Gasteiger partial charge on any atom is -0.393 e. The molecule has 1 unspecified atom stereocenters. The number of nitrogens with zero attached hydrogens (tertiary/aromatic N) is 1. The molecule has 1 aromatic carbocycles. The fourth-order valence-electron chi connectivity index (χ4n) is 2.61. The van der Waals surface area contributed by atoms with Gasteiger partial charge in [-0.3, -0.25) is 4.79 Å². The molecule has 0 saturated carbocycles. The van der Waals surface area contributed by atoms with Crippen LogP contribution in [0.5, 0.6) is 0 Å². The highest BCUT2D eigenvalue weighted by atomic mass is 16.3. The molecule has 2 N–H and O–H groups in total. The van der Waals surface area contributed by atoms with Gasteiger partial charge in [-0.05, 0) is 49.9 Å². The summed E-state index contributed by atoms with van der Waals surface area (Å²) in [6.07, 6.45) is 1.40. The van der Waals surface area contributed by atoms with Gasteiger partial charge >= 0.3 is 0 Å². The van der Waals surface area contributed by atoms with Gasteiger partial charge in [-0.2, -0.15) is 0 Å². The van der Waals surface area contributed by atoms with Gasteiger partial charge in [-0.15, -0.1) is 0 Å². The van der Waals surface area contributed by atoms with Crippen LogP contribution in [0.3, 0.4) is 0 Å². The minimum absolute atomic E-state index is 0.0284. The van der Waals surface area contributed by atoms with E-state index in [1.807, 2.05) is 11.8 Å². The highest BCUT2D eigenvalue weighted by Gasteiger charge is 2.25. The van der Waals surface area contributed by atoms with E-state index in [1.165, 1.54) is 0 Å². The van der Waals surface area contributed by atoms with Gasteiger partial charge in [0.2, 0.25) is 0 Å². The maximum Gasteiger partial charge on any atom is 0.253 e. The van der Waals surface area contributed by atoms with Crippen LogP contribution in [0, 0.1) is 17.8 Å². The largest absolute Gasteiger partial charge is 0.393 e. The molecular formula is C17H21NO3. The molecule has 112 valence electrons. The van der Waals surface area contributed by atoms with Crippen molar-refractivity contribution in [2.45, 2.75) is 25.9 Å². The van der Waals surface area contributed by atoms with Crippen LogP contribution in [0.2, 0.25) is 0 Å². The van der Waals surface area contributed by atoms with Gasteiger partial charge in [0.1, 0.15) is 6.61 Å². The summed E-state index contributed by atoms with van der Waals surface area (Å²) in [5.41, 5.74) is 1.44. The number of hydrogen-bond acceptors (Lipinski definition) is 3. The molecule has 1 aliphatic rings. The average Bonchev–Trinajstić information content (AvgIpc) is 2.53. The van der Waals surface area contributed by atoms with Gasteiger partial charge in [-0.25, -0.2) is 0 Å². The molecule has 21 heavy (non-hydrogen) atoms. The summed E-state index contributed by atoms with van der Waals surface area (Å²) >= 11 is 0. The van der Waals surface area contributed by atoms with Crippen molar-refractivity contribution in [1.29, 1.82) is 0 Å². The summed E-state index contributed by atoms with van der Waals surface area (Å²) in [5.74, 6) is 5.71. The predicted molar refractivity (Wildman–Crippen MR) is 80.7 cm³/mol. The van der Waals surface area contributed by atoms with Gasteiger partial charge in [0.25, 0.3) is 5.91 Å². The van der Waals surface area contributed by atoms with Gasteiger partial charge < -0.3 is 15.1 Å². The van der Waals surface area contributed by atoms with E-state index < -0.39 is 0 Å². The van der Waals surface area contributed by atoms with Crippen LogP contribution in [0.25, 0.3) is 0 Å². The van der Waals surface area contributed by atoms with Crippen LogP contribution in [0.15, 0.2) is 24.3 Å². The number of rotatable bonds is 2. The fourth-order valence-corrected chi connectivity index (χ4v) is 2.61. The number of benzene rings is 1. The predicted octanol–water partition coefficient (Wildman–Crippen LogP) is 1.26. The van der Waals surface area contributed by atoms with E-state index in [4.69, 9.17) is 5.11 Å². The van der Waals surface area contributed by atoms with Crippen molar-refractivity contribution < 1.29 is 15.0 Å². The van der Waals surface area contributed by atoms with E-state index in [0.29, 0.717) is 24.6 Å². The van der Waals surface area contributed by atoms with Gasteiger partial charge in [-0.1, -0.05) is 11.8 Å². The van der Waals surface area contributed by atoms with Crippen molar-refractivity contribution >= 4 is 5.91 Å². The van der Waals surface area contributed by atoms with E-state index in [0.717, 1.165) is 18.4 Å². The number of hydrogen-bond donors (Lipinski definition) is 2. The quantitative estimate of drug-likeness (QED) is 0.805. The molecule has 0 aromatic heterocycles. The number of likely N-dealkylation sites (tertiary alicyclic amines) is 1. The zero-order chi connectivity index (χ0) is 15.2. The number of amides is 1. The minimum atomic E-state index is -0.299. The van der Waals surface area contributed by atoms with E-state index in [1.54, 1.807) is 24.3 Å². The molecule has 0 aliphatic carbocycles. The van der Waals surface area contributed by atoms with Crippen LogP contribution in [0.1, 0.15) is 35.7 Å². The van der Waals surface area contributed by atoms with Gasteiger partial charge in [0.15, 0.2) is 0 Å². The van der Waals surface area contributed by atoms with Crippen molar-refractivity contribution in [2.24, 2.45) is 5.92 Å². The van der Waals surface area contributed by atoms with Gasteiger partial charge in [0.05, 0.1) is 6.10 Å². The first kappa shape index (κ1) is 15.6. The Morgan fingerprint density at radius 3 is 2.48 bits per heavy atom. The number of carbonyl (C=O) groups excluding carboxylic acids is 1. The molecule has 2 rings (SSSR count). The summed E-state index contributed by atoms with van der Waals surface area (Å²) in [6, 6.07) is 7.12. The smallest absolute Gasteiger partial charge is 0.253 e. The van der Waals surface area contributed by atoms with Crippen LogP contribution >= 0.6 is 0 Å². The molecule has 1 atom stereocenters. The van der Waals surface area contributed by atoms with E-state index in [-0.39, 0.29) is 18.6 Å². The van der Waals surface area contributed by atoms with Crippen LogP contribution < -0.4 is 0 Å². The molecule has 4 nitrogen and oxygen atoms in total. The molecule has 1 fully saturated rings. The lowest BCUT2D eigenvalue weighted by Gasteiger charge is -2.33. The first-order chi connectivity index (χ1) is 10.1. The first-order valence-corrected chi connectivity index (χ1v) is 7.29. The summed E-state index contributed by atoms with van der Waals surface area (Å²) < 4.78 is 0. The van der Waals surface area contributed by atoms with Gasteiger partial charge in [0, 0.05) is 24.2 Å². The Morgan fingerprint density at radius 1 is 1.33 bits per heavy atom. The van der Waals surface area contributed by atoms with Crippen molar-refractivity contribution in [3.63, 3.8) is 0 Å². The monoisotopic (exact) mass is 287 g/mol. The maximum absolute atomic E-state index is 12.4. The van der Waals surface area contributed by atoms with E-state index in [9.17, 15) is 9.90 Å². The molecule has 1 aliphatic heterocycles. The molecule has 0 bridgehead atoms. The standard InChI is InChI=1S/C17H21NO3/c1-13(20)15-8-10-18(11-9-15)17(21)16-6-4-14(5-7-16)3-2-12-19/h4-7,13,15,19-20H,8-12H2,1H3. The summed E-state index contributed by atoms with van der Waals surface area (Å²) in [5, 5.41) is 18.2. The highest BCUT2D eigenvalue weighted by Crippen LogP contribution is 2.21. The first-order valence-electron chi connectivity index (χ1n) is 7.29. The third-order valence-corrected chi connectivity index (χ3v) is 3.95. The molecule has 1 amide bonds. The Hall–Kier alpha value is -1.83. The third kappa shape index (κ3) is 4.07. The number of piperidine rings is 1. The van der Waals surface area contributed by atoms with Crippen LogP contribution in [-0.2, 0) is 0 Å². The van der Waals surface area contributed by atoms with Crippen molar-refractivity contribution in [3.8, 4) is 11.8 Å². The number of carbonyl (C=O) groups is 1. The topological polar surface area (TPSA) is 60.8 Å². The van der Waals surface area contributed by atoms with Crippen molar-refractivity contribution in [3.05, 3.63) is 35.4 Å². The second-order valence-corrected chi connectivity index (χ2v) is 5.41. The van der Waals surface area contributed by atoms with Crippen molar-refractivity contribution in [1.82, 2.24) is 4.90 Å². The summed E-state index contributed by atoms with van der Waals surface area (Å²) in [7, 11) is 0. The molecule has 0 radical (unpaired) electrons. The molecular weight excluding hydrogens is 266 g/mol. The number of aliphatic hydroxyl groups excluding tert-OH is 2. The molecule has 1 saturated heterocycles. The van der Waals surface area contributed by atoms with E-state index in [2.05, 4.69) is 11.8 Å². The second kappa shape index (κ2) is 7.26. The molecule has 1 heterocycles. The van der Waals surface area contributed by atoms with Crippen LogP contribution in [0.4, 0.5) is 0 Å². The van der Waals surface area contributed by atoms with Crippen LogP contribution in [-0.4, -0.2) is 46.8 Å². The Kier molecular flexibility index (Phi) is 5.38. The lowest BCUT2D eigenvalue weighted by atomic mass is 9.92. The fraction of sp³-hybridized carbons (Fsp3) is 0.471. The lowest BCUT2D eigenvalue weighted by molar-refractivity contribution is 0.0521. The molecule has 4 heteroatoms.